The molecule has 1 saturated heterocycles. The molecular weight excluding hydrogens is 397 g/mol. The normalized spacial score (nSPS) is 15.3. The predicted octanol–water partition coefficient (Wildman–Crippen LogP) is 1.90. The summed E-state index contributed by atoms with van der Waals surface area (Å²) in [6.45, 7) is 3.64. The fraction of sp³-hybridized carbons (Fsp3) is 0.286. The molecule has 10 heteroatoms. The second-order valence-electron chi connectivity index (χ2n) is 7.60. The van der Waals surface area contributed by atoms with Crippen molar-refractivity contribution >= 4 is 17.3 Å². The second kappa shape index (κ2) is 8.70. The summed E-state index contributed by atoms with van der Waals surface area (Å²) in [4.78, 5) is 4.29. The van der Waals surface area contributed by atoms with E-state index in [4.69, 9.17) is 17.4 Å². The van der Waals surface area contributed by atoms with E-state index in [1.54, 1.807) is 31.5 Å². The number of piperidine rings is 1. The van der Waals surface area contributed by atoms with Crippen molar-refractivity contribution in [3.8, 4) is 11.1 Å². The molecule has 3 heterocycles. The minimum absolute atomic E-state index is 0.167. The third-order valence-corrected chi connectivity index (χ3v) is 5.56. The SMILES string of the molecule is Cc1ccc(N(N)/C(=N\N)c2cc(-c3cnn(C4CCNCC4)c3)cnc2N)cc1F. The van der Waals surface area contributed by atoms with E-state index in [0.29, 0.717) is 22.9 Å². The van der Waals surface area contributed by atoms with Crippen molar-refractivity contribution in [2.45, 2.75) is 25.8 Å². The molecule has 0 radical (unpaired) electrons. The Hall–Kier alpha value is -3.50. The number of aryl methyl sites for hydroxylation is 1. The molecule has 0 atom stereocenters. The van der Waals surface area contributed by atoms with Crippen LogP contribution in [0.3, 0.4) is 0 Å². The third kappa shape index (κ3) is 4.21. The molecule has 1 aliphatic heterocycles. The van der Waals surface area contributed by atoms with E-state index in [1.165, 1.54) is 11.1 Å². The lowest BCUT2D eigenvalue weighted by Crippen LogP contribution is -2.39. The highest BCUT2D eigenvalue weighted by Crippen LogP contribution is 2.26. The first-order valence-electron chi connectivity index (χ1n) is 10.1. The van der Waals surface area contributed by atoms with Crippen molar-refractivity contribution in [1.29, 1.82) is 0 Å². The van der Waals surface area contributed by atoms with E-state index in [9.17, 15) is 4.39 Å². The number of nitrogens with two attached hydrogens (primary N) is 3. The van der Waals surface area contributed by atoms with Crippen LogP contribution in [-0.2, 0) is 0 Å². The van der Waals surface area contributed by atoms with Gasteiger partial charge in [0.15, 0.2) is 5.84 Å². The summed E-state index contributed by atoms with van der Waals surface area (Å²) in [5, 5.41) is 12.9. The lowest BCUT2D eigenvalue weighted by atomic mass is 10.1. The molecule has 0 saturated carbocycles. The number of halogens is 1. The lowest BCUT2D eigenvalue weighted by molar-refractivity contribution is 0.343. The van der Waals surface area contributed by atoms with E-state index < -0.39 is 0 Å². The highest BCUT2D eigenvalue weighted by atomic mass is 19.1. The molecule has 162 valence electrons. The van der Waals surface area contributed by atoms with Gasteiger partial charge >= 0.3 is 0 Å². The number of nitrogens with one attached hydrogen (secondary N) is 1. The average molecular weight is 424 g/mol. The smallest absolute Gasteiger partial charge is 0.177 e. The van der Waals surface area contributed by atoms with E-state index in [2.05, 4.69) is 20.5 Å². The molecule has 31 heavy (non-hydrogen) atoms. The molecular formula is C21H26FN9. The Morgan fingerprint density at radius 3 is 2.71 bits per heavy atom. The molecule has 0 bridgehead atoms. The van der Waals surface area contributed by atoms with Gasteiger partial charge in [-0.25, -0.2) is 15.2 Å². The summed E-state index contributed by atoms with van der Waals surface area (Å²) in [6, 6.07) is 6.80. The van der Waals surface area contributed by atoms with Crippen LogP contribution in [0.2, 0.25) is 0 Å². The predicted molar refractivity (Wildman–Crippen MR) is 120 cm³/mol. The molecule has 0 unspecified atom stereocenters. The van der Waals surface area contributed by atoms with Gasteiger partial charge in [-0.1, -0.05) is 6.07 Å². The first kappa shape index (κ1) is 20.8. The molecule has 0 amide bonds. The van der Waals surface area contributed by atoms with Crippen LogP contribution in [0.4, 0.5) is 15.9 Å². The Morgan fingerprint density at radius 2 is 2.00 bits per heavy atom. The number of pyridine rings is 1. The topological polar surface area (TPSA) is 136 Å². The van der Waals surface area contributed by atoms with Crippen LogP contribution < -0.4 is 27.7 Å². The van der Waals surface area contributed by atoms with E-state index in [0.717, 1.165) is 37.1 Å². The number of benzene rings is 1. The zero-order chi connectivity index (χ0) is 22.0. The highest BCUT2D eigenvalue weighted by molar-refractivity contribution is 6.12. The van der Waals surface area contributed by atoms with Gasteiger partial charge < -0.3 is 16.9 Å². The summed E-state index contributed by atoms with van der Waals surface area (Å²) >= 11 is 0. The first-order chi connectivity index (χ1) is 15.0. The summed E-state index contributed by atoms with van der Waals surface area (Å²) in [6.07, 6.45) is 7.54. The van der Waals surface area contributed by atoms with Gasteiger partial charge in [0.1, 0.15) is 11.6 Å². The fourth-order valence-electron chi connectivity index (χ4n) is 3.69. The maximum absolute atomic E-state index is 14.0. The van der Waals surface area contributed by atoms with Crippen molar-refractivity contribution in [2.24, 2.45) is 16.8 Å². The third-order valence-electron chi connectivity index (χ3n) is 5.56. The lowest BCUT2D eigenvalue weighted by Gasteiger charge is -2.22. The Labute approximate surface area is 179 Å². The fourth-order valence-corrected chi connectivity index (χ4v) is 3.69. The average Bonchev–Trinajstić information content (AvgIpc) is 3.28. The molecule has 0 spiro atoms. The Morgan fingerprint density at radius 1 is 1.23 bits per heavy atom. The highest BCUT2D eigenvalue weighted by Gasteiger charge is 2.20. The monoisotopic (exact) mass is 423 g/mol. The summed E-state index contributed by atoms with van der Waals surface area (Å²) in [5.41, 5.74) is 9.14. The van der Waals surface area contributed by atoms with Crippen LogP contribution in [0.1, 0.15) is 30.0 Å². The number of anilines is 2. The molecule has 1 aliphatic rings. The van der Waals surface area contributed by atoms with Gasteiger partial charge in [0, 0.05) is 23.5 Å². The number of hydrazone groups is 1. The molecule has 0 aliphatic carbocycles. The zero-order valence-corrected chi connectivity index (χ0v) is 17.3. The van der Waals surface area contributed by atoms with Gasteiger partial charge in [-0.15, -0.1) is 0 Å². The van der Waals surface area contributed by atoms with Crippen LogP contribution >= 0.6 is 0 Å². The van der Waals surface area contributed by atoms with Gasteiger partial charge in [0.05, 0.1) is 23.5 Å². The summed E-state index contributed by atoms with van der Waals surface area (Å²) in [7, 11) is 0. The molecule has 1 aromatic carbocycles. The Kier molecular flexibility index (Phi) is 5.83. The van der Waals surface area contributed by atoms with E-state index in [1.807, 2.05) is 16.9 Å². The number of rotatable bonds is 4. The van der Waals surface area contributed by atoms with E-state index in [-0.39, 0.29) is 17.5 Å². The van der Waals surface area contributed by atoms with Gasteiger partial charge in [0.25, 0.3) is 0 Å². The first-order valence-corrected chi connectivity index (χ1v) is 10.1. The van der Waals surface area contributed by atoms with Gasteiger partial charge in [-0.2, -0.15) is 10.2 Å². The molecule has 4 rings (SSSR count). The van der Waals surface area contributed by atoms with Crippen LogP contribution in [0.25, 0.3) is 11.1 Å². The number of hydrazine groups is 1. The maximum atomic E-state index is 14.0. The number of hydrogen-bond donors (Lipinski definition) is 4. The Balaban J connectivity index is 1.65. The molecule has 2 aromatic heterocycles. The largest absolute Gasteiger partial charge is 0.383 e. The van der Waals surface area contributed by atoms with Crippen molar-refractivity contribution in [2.75, 3.05) is 23.8 Å². The zero-order valence-electron chi connectivity index (χ0n) is 17.3. The van der Waals surface area contributed by atoms with Crippen molar-refractivity contribution in [1.82, 2.24) is 20.1 Å². The van der Waals surface area contributed by atoms with Crippen LogP contribution in [0.5, 0.6) is 0 Å². The quantitative estimate of drug-likeness (QED) is 0.218. The standard InChI is InChI=1S/C21H26FN9/c1-13-2-3-17(9-19(13)22)31(25)21(29-24)18-8-14(10-27-20(18)23)15-11-28-30(12-15)16-4-6-26-7-5-16/h2-3,8-12,16,26H,4-7,24-25H2,1H3,(H2,23,27)/b29-21-. The maximum Gasteiger partial charge on any atom is 0.177 e. The molecule has 7 N–H and O–H groups in total. The van der Waals surface area contributed by atoms with E-state index >= 15 is 0 Å². The number of hydrogen-bond acceptors (Lipinski definition) is 7. The van der Waals surface area contributed by atoms with Crippen molar-refractivity contribution in [3.63, 3.8) is 0 Å². The number of nitrogen functional groups attached to an aromatic ring is 1. The minimum Gasteiger partial charge on any atom is -0.383 e. The molecule has 3 aromatic rings. The second-order valence-corrected chi connectivity index (χ2v) is 7.60. The molecule has 1 fully saturated rings. The van der Waals surface area contributed by atoms with Crippen LogP contribution in [0, 0.1) is 12.7 Å². The van der Waals surface area contributed by atoms with Crippen LogP contribution in [0.15, 0.2) is 48.0 Å². The summed E-state index contributed by atoms with van der Waals surface area (Å²) < 4.78 is 16.0. The number of nitrogens with zero attached hydrogens (tertiary/aromatic N) is 5. The van der Waals surface area contributed by atoms with Gasteiger partial charge in [0.2, 0.25) is 0 Å². The Bertz CT molecular complexity index is 1100. The minimum atomic E-state index is -0.380. The van der Waals surface area contributed by atoms with Crippen LogP contribution in [-0.4, -0.2) is 33.7 Å². The van der Waals surface area contributed by atoms with Gasteiger partial charge in [-0.3, -0.25) is 9.69 Å². The van der Waals surface area contributed by atoms with Gasteiger partial charge in [-0.05, 0) is 56.6 Å². The number of amidine groups is 1. The van der Waals surface area contributed by atoms with Crippen molar-refractivity contribution in [3.05, 3.63) is 59.8 Å². The summed E-state index contributed by atoms with van der Waals surface area (Å²) in [5.74, 6) is 11.8. The van der Waals surface area contributed by atoms with Crippen molar-refractivity contribution < 1.29 is 4.39 Å². The number of aromatic nitrogens is 3. The molecule has 9 nitrogen and oxygen atoms in total.